The van der Waals surface area contributed by atoms with Crippen molar-refractivity contribution in [2.45, 2.75) is 67.7 Å². The zero-order valence-electron chi connectivity index (χ0n) is 21.1. The summed E-state index contributed by atoms with van der Waals surface area (Å²) in [6, 6.07) is 11.4. The predicted molar refractivity (Wildman–Crippen MR) is 145 cm³/mol. The average Bonchev–Trinajstić information content (AvgIpc) is 3.62. The summed E-state index contributed by atoms with van der Waals surface area (Å²) in [5, 5.41) is 23.4. The van der Waals surface area contributed by atoms with Crippen LogP contribution >= 0.6 is 15.9 Å². The molecule has 2 saturated carbocycles. The lowest BCUT2D eigenvalue weighted by molar-refractivity contribution is -0.200. The van der Waals surface area contributed by atoms with E-state index in [0.29, 0.717) is 18.6 Å². The van der Waals surface area contributed by atoms with Crippen molar-refractivity contribution < 1.29 is 19.7 Å². The molecule has 3 aliphatic carbocycles. The molecular formula is C30H33BrN2O4. The summed E-state index contributed by atoms with van der Waals surface area (Å²) in [6.07, 6.45) is 8.46. The Morgan fingerprint density at radius 2 is 2.08 bits per heavy atom. The van der Waals surface area contributed by atoms with Gasteiger partial charge in [0.25, 0.3) is 0 Å². The minimum atomic E-state index is -0.941. The third kappa shape index (κ3) is 3.39. The fourth-order valence-corrected chi connectivity index (χ4v) is 8.33. The van der Waals surface area contributed by atoms with Crippen LogP contribution in [0.4, 0.5) is 0 Å². The number of halogens is 1. The monoisotopic (exact) mass is 564 g/mol. The summed E-state index contributed by atoms with van der Waals surface area (Å²) in [4.78, 5) is 17.7. The van der Waals surface area contributed by atoms with Gasteiger partial charge >= 0.3 is 0 Å². The van der Waals surface area contributed by atoms with Crippen molar-refractivity contribution in [2.24, 2.45) is 5.92 Å². The molecule has 2 bridgehead atoms. The number of rotatable bonds is 5. The van der Waals surface area contributed by atoms with Crippen LogP contribution in [-0.4, -0.2) is 69.8 Å². The van der Waals surface area contributed by atoms with E-state index < -0.39 is 17.1 Å². The van der Waals surface area contributed by atoms with Crippen LogP contribution in [0.2, 0.25) is 0 Å². The first-order valence-corrected chi connectivity index (χ1v) is 14.3. The number of aromatic hydroxyl groups is 1. The average molecular weight is 566 g/mol. The lowest BCUT2D eigenvalue weighted by Crippen LogP contribution is -2.78. The molecule has 37 heavy (non-hydrogen) atoms. The molecule has 7 rings (SSSR count). The zero-order chi connectivity index (χ0) is 25.5. The van der Waals surface area contributed by atoms with E-state index >= 15 is 0 Å². The van der Waals surface area contributed by atoms with E-state index in [1.54, 1.807) is 17.0 Å². The maximum absolute atomic E-state index is 13.4. The van der Waals surface area contributed by atoms with Crippen LogP contribution < -0.4 is 4.74 Å². The minimum absolute atomic E-state index is 0.0364. The Morgan fingerprint density at radius 3 is 2.86 bits per heavy atom. The normalized spacial score (nSPS) is 33.8. The molecule has 5 atom stereocenters. The van der Waals surface area contributed by atoms with Gasteiger partial charge in [0.1, 0.15) is 6.10 Å². The van der Waals surface area contributed by atoms with Crippen LogP contribution in [0.5, 0.6) is 11.5 Å². The molecule has 5 aliphatic rings. The Morgan fingerprint density at radius 1 is 1.24 bits per heavy atom. The van der Waals surface area contributed by atoms with Crippen molar-refractivity contribution in [1.82, 2.24) is 9.80 Å². The Hall–Kier alpha value is -2.35. The second-order valence-electron chi connectivity index (χ2n) is 11.7. The number of hydrogen-bond donors (Lipinski definition) is 2. The number of ether oxygens (including phenoxy) is 1. The Kier molecular flexibility index (Phi) is 5.34. The van der Waals surface area contributed by atoms with E-state index in [9.17, 15) is 15.0 Å². The van der Waals surface area contributed by atoms with Gasteiger partial charge in [-0.1, -0.05) is 34.1 Å². The van der Waals surface area contributed by atoms with Crippen molar-refractivity contribution in [2.75, 3.05) is 20.1 Å². The number of amides is 1. The standard InChI is InChI=1S/C30H33BrN2O4/c1-32(25(35)10-7-18-3-2-4-21(31)15-18)22-11-12-30(36)24-16-20-8-9-23(34)27-26(20)29(30,28(22)37-27)13-14-33(24)17-19-5-6-19/h2-4,7-10,15,19,22,24,28,34,36H,5-6,11-14,16-17H2,1H3/b10-7+/t22-,24+,28+,29+,30-/m1/s1. The molecule has 0 unspecified atom stereocenters. The van der Waals surface area contributed by atoms with Crippen molar-refractivity contribution in [1.29, 1.82) is 0 Å². The summed E-state index contributed by atoms with van der Waals surface area (Å²) in [6.45, 7) is 1.96. The summed E-state index contributed by atoms with van der Waals surface area (Å²) < 4.78 is 7.58. The second kappa shape index (κ2) is 8.32. The largest absolute Gasteiger partial charge is 0.504 e. The fourth-order valence-electron chi connectivity index (χ4n) is 7.91. The quantitative estimate of drug-likeness (QED) is 0.531. The third-order valence-electron chi connectivity index (χ3n) is 9.84. The third-order valence-corrected chi connectivity index (χ3v) is 10.3. The molecule has 3 fully saturated rings. The first-order valence-electron chi connectivity index (χ1n) is 13.5. The molecule has 2 heterocycles. The molecular weight excluding hydrogens is 532 g/mol. The molecule has 2 aliphatic heterocycles. The van der Waals surface area contributed by atoms with Gasteiger partial charge in [-0.2, -0.15) is 0 Å². The topological polar surface area (TPSA) is 73.2 Å². The van der Waals surface area contributed by atoms with E-state index in [1.165, 1.54) is 18.4 Å². The molecule has 1 spiro atoms. The molecule has 6 nitrogen and oxygen atoms in total. The number of piperidine rings is 1. The Balaban J connectivity index is 1.25. The second-order valence-corrected chi connectivity index (χ2v) is 12.6. The highest BCUT2D eigenvalue weighted by Gasteiger charge is 2.73. The molecule has 0 aromatic heterocycles. The number of benzene rings is 2. The van der Waals surface area contributed by atoms with Crippen LogP contribution in [0, 0.1) is 5.92 Å². The summed E-state index contributed by atoms with van der Waals surface area (Å²) in [7, 11) is 1.84. The fraction of sp³-hybridized carbons (Fsp3) is 0.500. The smallest absolute Gasteiger partial charge is 0.246 e. The number of carbonyl (C=O) groups is 1. The first-order chi connectivity index (χ1) is 17.8. The summed E-state index contributed by atoms with van der Waals surface area (Å²) in [5.74, 6) is 1.31. The van der Waals surface area contributed by atoms with Gasteiger partial charge in [-0.05, 0) is 86.4 Å². The van der Waals surface area contributed by atoms with Gasteiger partial charge in [0.15, 0.2) is 11.5 Å². The highest BCUT2D eigenvalue weighted by atomic mass is 79.9. The number of likely N-dealkylation sites (N-methyl/N-ethyl adjacent to an activating group) is 1. The number of aliphatic hydroxyl groups is 1. The van der Waals surface area contributed by atoms with E-state index in [-0.39, 0.29) is 23.7 Å². The Labute approximate surface area is 226 Å². The number of phenols is 1. The minimum Gasteiger partial charge on any atom is -0.504 e. The number of hydrogen-bond acceptors (Lipinski definition) is 5. The van der Waals surface area contributed by atoms with Gasteiger partial charge < -0.3 is 19.8 Å². The van der Waals surface area contributed by atoms with Crippen LogP contribution in [0.25, 0.3) is 6.08 Å². The van der Waals surface area contributed by atoms with Crippen molar-refractivity contribution >= 4 is 27.9 Å². The van der Waals surface area contributed by atoms with Crippen LogP contribution in [0.15, 0.2) is 46.9 Å². The maximum atomic E-state index is 13.4. The van der Waals surface area contributed by atoms with Crippen LogP contribution in [-0.2, 0) is 16.6 Å². The number of likely N-dealkylation sites (tertiary alicyclic amines) is 1. The molecule has 2 aromatic carbocycles. The van der Waals surface area contributed by atoms with Gasteiger partial charge in [0.2, 0.25) is 5.91 Å². The van der Waals surface area contributed by atoms with E-state index in [4.69, 9.17) is 4.74 Å². The lowest BCUT2D eigenvalue weighted by atomic mass is 9.48. The Bertz CT molecular complexity index is 1310. The highest BCUT2D eigenvalue weighted by Crippen LogP contribution is 2.66. The highest BCUT2D eigenvalue weighted by molar-refractivity contribution is 9.10. The molecule has 2 aromatic rings. The molecule has 7 heteroatoms. The van der Waals surface area contributed by atoms with Crippen molar-refractivity contribution in [3.8, 4) is 11.5 Å². The molecule has 1 amide bonds. The lowest BCUT2D eigenvalue weighted by Gasteiger charge is -2.64. The summed E-state index contributed by atoms with van der Waals surface area (Å²) >= 11 is 3.48. The maximum Gasteiger partial charge on any atom is 0.246 e. The van der Waals surface area contributed by atoms with Gasteiger partial charge in [0, 0.05) is 35.7 Å². The van der Waals surface area contributed by atoms with Crippen molar-refractivity contribution in [3.63, 3.8) is 0 Å². The van der Waals surface area contributed by atoms with Gasteiger partial charge in [-0.15, -0.1) is 0 Å². The van der Waals surface area contributed by atoms with Gasteiger partial charge in [-0.25, -0.2) is 0 Å². The molecule has 0 radical (unpaired) electrons. The first kappa shape index (κ1) is 23.7. The summed E-state index contributed by atoms with van der Waals surface area (Å²) in [5.41, 5.74) is 1.56. The molecule has 194 valence electrons. The van der Waals surface area contributed by atoms with Crippen LogP contribution in [0.1, 0.15) is 48.8 Å². The van der Waals surface area contributed by atoms with Crippen molar-refractivity contribution in [3.05, 3.63) is 63.6 Å². The number of nitrogens with zero attached hydrogens (tertiary/aromatic N) is 2. The van der Waals surface area contributed by atoms with E-state index in [2.05, 4.69) is 20.8 Å². The van der Waals surface area contributed by atoms with Crippen LogP contribution in [0.3, 0.4) is 0 Å². The SMILES string of the molecule is CN(C(=O)/C=C/c1cccc(Br)c1)[C@@H]1CC[C@@]2(O)[C@@H]3Cc4ccc(O)c5c4[C@@]2(CCN3CC2CC2)[C@H]1O5. The van der Waals surface area contributed by atoms with E-state index in [1.807, 2.05) is 43.5 Å². The number of phenolic OH excluding ortho intramolecular Hbond substituents is 1. The zero-order valence-corrected chi connectivity index (χ0v) is 22.7. The van der Waals surface area contributed by atoms with Gasteiger partial charge in [-0.3, -0.25) is 9.69 Å². The van der Waals surface area contributed by atoms with E-state index in [0.717, 1.165) is 47.4 Å². The van der Waals surface area contributed by atoms with Gasteiger partial charge in [0.05, 0.1) is 17.1 Å². The predicted octanol–water partition coefficient (Wildman–Crippen LogP) is 4.26. The molecule has 1 saturated heterocycles. The number of carbonyl (C=O) groups excluding carboxylic acids is 1. The molecule has 2 N–H and O–H groups in total.